The quantitative estimate of drug-likeness (QED) is 0.660. The van der Waals surface area contributed by atoms with Crippen LogP contribution in [0.2, 0.25) is 0 Å². The van der Waals surface area contributed by atoms with Crippen LogP contribution in [-0.4, -0.2) is 33.0 Å². The fourth-order valence-corrected chi connectivity index (χ4v) is 2.44. The van der Waals surface area contributed by atoms with Gasteiger partial charge in [-0.15, -0.1) is 0 Å². The number of nitrogens with one attached hydrogen (secondary N) is 2. The summed E-state index contributed by atoms with van der Waals surface area (Å²) in [6.45, 7) is 2.63. The largest absolute Gasteiger partial charge is 0.351 e. The SMILES string of the molecule is CC(NCCCS(C)(=O)=O)c1ccc(NC(N)=O)cc1. The number of anilines is 1. The number of benzene rings is 1. The van der Waals surface area contributed by atoms with Crippen molar-refractivity contribution in [3.63, 3.8) is 0 Å². The van der Waals surface area contributed by atoms with Gasteiger partial charge in [0.2, 0.25) is 0 Å². The molecule has 0 bridgehead atoms. The number of sulfone groups is 1. The lowest BCUT2D eigenvalue weighted by Crippen LogP contribution is -2.22. The Hall–Kier alpha value is -1.60. The molecule has 0 aliphatic heterocycles. The predicted molar refractivity (Wildman–Crippen MR) is 80.4 cm³/mol. The summed E-state index contributed by atoms with van der Waals surface area (Å²) in [5.41, 5.74) is 6.73. The van der Waals surface area contributed by atoms with E-state index in [2.05, 4.69) is 10.6 Å². The van der Waals surface area contributed by atoms with Crippen LogP contribution in [-0.2, 0) is 9.84 Å². The number of primary amides is 1. The average molecular weight is 299 g/mol. The molecule has 1 unspecified atom stereocenters. The van der Waals surface area contributed by atoms with Gasteiger partial charge in [-0.2, -0.15) is 0 Å². The molecule has 0 saturated carbocycles. The van der Waals surface area contributed by atoms with Gasteiger partial charge in [0.15, 0.2) is 0 Å². The van der Waals surface area contributed by atoms with Gasteiger partial charge >= 0.3 is 6.03 Å². The number of carbonyl (C=O) groups excluding carboxylic acids is 1. The Morgan fingerprint density at radius 2 is 1.90 bits per heavy atom. The maximum atomic E-state index is 11.0. The Balaban J connectivity index is 2.43. The molecule has 112 valence electrons. The van der Waals surface area contributed by atoms with Gasteiger partial charge in [0, 0.05) is 18.0 Å². The Morgan fingerprint density at radius 1 is 1.30 bits per heavy atom. The number of rotatable bonds is 7. The summed E-state index contributed by atoms with van der Waals surface area (Å²) in [7, 11) is -2.90. The number of nitrogens with two attached hydrogens (primary N) is 1. The standard InChI is InChI=1S/C13H21N3O3S/c1-10(15-8-3-9-20(2,18)19)11-4-6-12(7-5-11)16-13(14)17/h4-7,10,15H,3,8-9H2,1-2H3,(H3,14,16,17). The topological polar surface area (TPSA) is 101 Å². The second kappa shape index (κ2) is 7.25. The summed E-state index contributed by atoms with van der Waals surface area (Å²) in [6.07, 6.45) is 1.82. The van der Waals surface area contributed by atoms with Gasteiger partial charge in [-0.1, -0.05) is 12.1 Å². The van der Waals surface area contributed by atoms with E-state index < -0.39 is 15.9 Å². The smallest absolute Gasteiger partial charge is 0.316 e. The molecule has 0 aliphatic rings. The van der Waals surface area contributed by atoms with Crippen LogP contribution in [0.25, 0.3) is 0 Å². The van der Waals surface area contributed by atoms with E-state index in [1.165, 1.54) is 6.26 Å². The lowest BCUT2D eigenvalue weighted by atomic mass is 10.1. The molecular weight excluding hydrogens is 278 g/mol. The molecule has 6 nitrogen and oxygen atoms in total. The van der Waals surface area contributed by atoms with Crippen molar-refractivity contribution in [3.05, 3.63) is 29.8 Å². The first kappa shape index (κ1) is 16.5. The summed E-state index contributed by atoms with van der Waals surface area (Å²) in [5.74, 6) is 0.189. The maximum absolute atomic E-state index is 11.0. The van der Waals surface area contributed by atoms with Crippen LogP contribution in [0.4, 0.5) is 10.5 Å². The molecule has 7 heteroatoms. The molecule has 1 rings (SSSR count). The van der Waals surface area contributed by atoms with E-state index in [0.29, 0.717) is 18.7 Å². The van der Waals surface area contributed by atoms with Gasteiger partial charge in [0.1, 0.15) is 9.84 Å². The Morgan fingerprint density at radius 3 is 2.40 bits per heavy atom. The van der Waals surface area contributed by atoms with Crippen LogP contribution in [0.1, 0.15) is 24.9 Å². The second-order valence-electron chi connectivity index (χ2n) is 4.77. The summed E-state index contributed by atoms with van der Waals surface area (Å²) in [6, 6.07) is 6.84. The summed E-state index contributed by atoms with van der Waals surface area (Å²) in [4.78, 5) is 10.7. The number of carbonyl (C=O) groups is 1. The van der Waals surface area contributed by atoms with Gasteiger partial charge in [-0.05, 0) is 37.6 Å². The molecule has 0 heterocycles. The molecule has 1 atom stereocenters. The van der Waals surface area contributed by atoms with Gasteiger partial charge in [-0.25, -0.2) is 13.2 Å². The third-order valence-electron chi connectivity index (χ3n) is 2.82. The molecule has 1 aromatic carbocycles. The van der Waals surface area contributed by atoms with E-state index in [9.17, 15) is 13.2 Å². The van der Waals surface area contributed by atoms with E-state index in [1.807, 2.05) is 19.1 Å². The van der Waals surface area contributed by atoms with Crippen molar-refractivity contribution in [1.82, 2.24) is 5.32 Å². The monoisotopic (exact) mass is 299 g/mol. The zero-order chi connectivity index (χ0) is 15.2. The van der Waals surface area contributed by atoms with E-state index in [0.717, 1.165) is 5.56 Å². The minimum Gasteiger partial charge on any atom is -0.351 e. The van der Waals surface area contributed by atoms with Crippen molar-refractivity contribution >= 4 is 21.6 Å². The van der Waals surface area contributed by atoms with E-state index in [1.54, 1.807) is 12.1 Å². The lowest BCUT2D eigenvalue weighted by molar-refractivity contribution is 0.259. The van der Waals surface area contributed by atoms with Crippen molar-refractivity contribution in [3.8, 4) is 0 Å². The summed E-state index contributed by atoms with van der Waals surface area (Å²) < 4.78 is 22.0. The van der Waals surface area contributed by atoms with Crippen molar-refractivity contribution in [2.75, 3.05) is 23.9 Å². The highest BCUT2D eigenvalue weighted by Gasteiger charge is 2.06. The van der Waals surface area contributed by atoms with Crippen molar-refractivity contribution in [1.29, 1.82) is 0 Å². The average Bonchev–Trinajstić information content (AvgIpc) is 2.33. The van der Waals surface area contributed by atoms with Crippen LogP contribution in [0.5, 0.6) is 0 Å². The molecule has 20 heavy (non-hydrogen) atoms. The van der Waals surface area contributed by atoms with Crippen molar-refractivity contribution in [2.45, 2.75) is 19.4 Å². The molecule has 0 fully saturated rings. The number of amides is 2. The highest BCUT2D eigenvalue weighted by Crippen LogP contribution is 2.15. The van der Waals surface area contributed by atoms with Gasteiger partial charge in [-0.3, -0.25) is 0 Å². The van der Waals surface area contributed by atoms with Gasteiger partial charge < -0.3 is 16.4 Å². The highest BCUT2D eigenvalue weighted by molar-refractivity contribution is 7.90. The van der Waals surface area contributed by atoms with E-state index in [-0.39, 0.29) is 11.8 Å². The third kappa shape index (κ3) is 6.53. The highest BCUT2D eigenvalue weighted by atomic mass is 32.2. The molecule has 0 radical (unpaired) electrons. The van der Waals surface area contributed by atoms with Gasteiger partial charge in [0.25, 0.3) is 0 Å². The van der Waals surface area contributed by atoms with Crippen LogP contribution in [0, 0.1) is 0 Å². The molecule has 4 N–H and O–H groups in total. The number of urea groups is 1. The predicted octanol–water partition coefficient (Wildman–Crippen LogP) is 1.26. The molecule has 0 aliphatic carbocycles. The molecule has 1 aromatic rings. The van der Waals surface area contributed by atoms with Gasteiger partial charge in [0.05, 0.1) is 5.75 Å². The first-order chi connectivity index (χ1) is 9.28. The first-order valence-corrected chi connectivity index (χ1v) is 8.41. The number of hydrogen-bond donors (Lipinski definition) is 3. The Labute approximate surface area is 119 Å². The molecule has 0 saturated heterocycles. The van der Waals surface area contributed by atoms with Crippen LogP contribution < -0.4 is 16.4 Å². The summed E-state index contributed by atoms with van der Waals surface area (Å²) in [5, 5.41) is 5.75. The third-order valence-corrected chi connectivity index (χ3v) is 3.85. The molecule has 0 spiro atoms. The Kier molecular flexibility index (Phi) is 5.97. The normalized spacial score (nSPS) is 12.9. The number of hydrogen-bond acceptors (Lipinski definition) is 4. The fraction of sp³-hybridized carbons (Fsp3) is 0.462. The zero-order valence-corrected chi connectivity index (χ0v) is 12.5. The minimum absolute atomic E-state index is 0.109. The summed E-state index contributed by atoms with van der Waals surface area (Å²) >= 11 is 0. The maximum Gasteiger partial charge on any atom is 0.316 e. The van der Waals surface area contributed by atoms with Crippen molar-refractivity contribution in [2.24, 2.45) is 5.73 Å². The fourth-order valence-electron chi connectivity index (χ4n) is 1.77. The molecule has 0 aromatic heterocycles. The first-order valence-electron chi connectivity index (χ1n) is 6.35. The van der Waals surface area contributed by atoms with Crippen LogP contribution in [0.15, 0.2) is 24.3 Å². The van der Waals surface area contributed by atoms with Crippen LogP contribution in [0.3, 0.4) is 0 Å². The molecule has 2 amide bonds. The zero-order valence-electron chi connectivity index (χ0n) is 11.7. The minimum atomic E-state index is -2.90. The van der Waals surface area contributed by atoms with E-state index >= 15 is 0 Å². The van der Waals surface area contributed by atoms with Crippen LogP contribution >= 0.6 is 0 Å². The lowest BCUT2D eigenvalue weighted by Gasteiger charge is -2.14. The molecular formula is C13H21N3O3S. The van der Waals surface area contributed by atoms with E-state index in [4.69, 9.17) is 5.73 Å². The van der Waals surface area contributed by atoms with Crippen molar-refractivity contribution < 1.29 is 13.2 Å². The Bertz CT molecular complexity index is 540. The second-order valence-corrected chi connectivity index (χ2v) is 7.03.